The highest BCUT2D eigenvalue weighted by atomic mass is 19.1. The summed E-state index contributed by atoms with van der Waals surface area (Å²) in [5, 5.41) is 0. The van der Waals surface area contributed by atoms with E-state index in [1.54, 1.807) is 49.8 Å². The molecule has 0 radical (unpaired) electrons. The van der Waals surface area contributed by atoms with Gasteiger partial charge in [-0.05, 0) is 52.6 Å². The Hall–Kier alpha value is -3.54. The van der Waals surface area contributed by atoms with Crippen molar-refractivity contribution in [2.45, 2.75) is 5.54 Å². The molecule has 1 amide bonds. The number of nitrogens with zero attached hydrogens (tertiary/aromatic N) is 3. The van der Waals surface area contributed by atoms with Crippen molar-refractivity contribution in [1.82, 2.24) is 9.88 Å². The molecule has 1 aliphatic rings. The number of halogens is 1. The SMILES string of the molecule is CN1C(=O)C(c2ccccc2)(c2cc(F)cc(-c3ccncc3)c2)N=C1N. The Kier molecular flexibility index (Phi) is 3.96. The van der Waals surface area contributed by atoms with Crippen molar-refractivity contribution in [3.05, 3.63) is 90.0 Å². The Balaban J connectivity index is 1.98. The second kappa shape index (κ2) is 6.32. The predicted octanol–water partition coefficient (Wildman–Crippen LogP) is 2.92. The summed E-state index contributed by atoms with van der Waals surface area (Å²) < 4.78 is 14.6. The molecule has 27 heavy (non-hydrogen) atoms. The van der Waals surface area contributed by atoms with Gasteiger partial charge in [0.1, 0.15) is 5.82 Å². The van der Waals surface area contributed by atoms with E-state index in [2.05, 4.69) is 9.98 Å². The van der Waals surface area contributed by atoms with Gasteiger partial charge in [0.05, 0.1) is 0 Å². The highest BCUT2D eigenvalue weighted by Gasteiger charge is 2.49. The van der Waals surface area contributed by atoms with Crippen molar-refractivity contribution in [2.24, 2.45) is 10.7 Å². The number of likely N-dealkylation sites (N-methyl/N-ethyl adjacent to an activating group) is 1. The second-order valence-electron chi connectivity index (χ2n) is 6.38. The number of carbonyl (C=O) groups is 1. The zero-order valence-electron chi connectivity index (χ0n) is 14.6. The average molecular weight is 360 g/mol. The monoisotopic (exact) mass is 360 g/mol. The van der Waals surface area contributed by atoms with Crippen LogP contribution in [0.2, 0.25) is 0 Å². The maximum Gasteiger partial charge on any atom is 0.266 e. The lowest BCUT2D eigenvalue weighted by atomic mass is 9.81. The zero-order valence-corrected chi connectivity index (χ0v) is 14.6. The van der Waals surface area contributed by atoms with Gasteiger partial charge in [-0.1, -0.05) is 30.3 Å². The van der Waals surface area contributed by atoms with Crippen LogP contribution in [-0.2, 0) is 10.3 Å². The van der Waals surface area contributed by atoms with E-state index >= 15 is 0 Å². The van der Waals surface area contributed by atoms with Crippen LogP contribution in [0.1, 0.15) is 11.1 Å². The molecule has 0 saturated carbocycles. The Morgan fingerprint density at radius 1 is 0.963 bits per heavy atom. The lowest BCUT2D eigenvalue weighted by Crippen LogP contribution is -2.41. The van der Waals surface area contributed by atoms with E-state index in [-0.39, 0.29) is 11.9 Å². The van der Waals surface area contributed by atoms with Crippen LogP contribution in [0.3, 0.4) is 0 Å². The molecule has 2 N–H and O–H groups in total. The number of nitrogens with two attached hydrogens (primary N) is 1. The van der Waals surface area contributed by atoms with Crippen LogP contribution in [0, 0.1) is 5.82 Å². The van der Waals surface area contributed by atoms with E-state index < -0.39 is 11.4 Å². The first-order valence-corrected chi connectivity index (χ1v) is 8.43. The molecule has 0 bridgehead atoms. The third kappa shape index (κ3) is 2.66. The molecular weight excluding hydrogens is 343 g/mol. The number of benzene rings is 2. The lowest BCUT2D eigenvalue weighted by molar-refractivity contribution is -0.129. The predicted molar refractivity (Wildman–Crippen MR) is 101 cm³/mol. The van der Waals surface area contributed by atoms with Crippen LogP contribution in [0.15, 0.2) is 78.0 Å². The van der Waals surface area contributed by atoms with E-state index in [0.717, 1.165) is 5.56 Å². The number of hydrogen-bond donors (Lipinski definition) is 1. The van der Waals surface area contributed by atoms with Gasteiger partial charge in [-0.15, -0.1) is 0 Å². The van der Waals surface area contributed by atoms with Crippen LogP contribution < -0.4 is 5.73 Å². The van der Waals surface area contributed by atoms with Crippen molar-refractivity contribution in [3.63, 3.8) is 0 Å². The normalized spacial score (nSPS) is 19.3. The quantitative estimate of drug-likeness (QED) is 0.781. The Morgan fingerprint density at radius 3 is 2.30 bits per heavy atom. The van der Waals surface area contributed by atoms with E-state index in [4.69, 9.17) is 5.73 Å². The Bertz CT molecular complexity index is 1040. The summed E-state index contributed by atoms with van der Waals surface area (Å²) in [7, 11) is 1.56. The maximum absolute atomic E-state index is 14.6. The minimum Gasteiger partial charge on any atom is -0.369 e. The van der Waals surface area contributed by atoms with E-state index in [1.165, 1.54) is 17.0 Å². The molecule has 3 aromatic rings. The molecule has 134 valence electrons. The number of aromatic nitrogens is 1. The first-order chi connectivity index (χ1) is 13.0. The molecule has 0 saturated heterocycles. The molecule has 5 nitrogen and oxygen atoms in total. The lowest BCUT2D eigenvalue weighted by Gasteiger charge is -2.26. The molecule has 6 heteroatoms. The highest BCUT2D eigenvalue weighted by molar-refractivity contribution is 6.09. The summed E-state index contributed by atoms with van der Waals surface area (Å²) in [5.74, 6) is -0.679. The van der Waals surface area contributed by atoms with Crippen molar-refractivity contribution in [1.29, 1.82) is 0 Å². The second-order valence-corrected chi connectivity index (χ2v) is 6.38. The fraction of sp³-hybridized carbons (Fsp3) is 0.0952. The number of pyridine rings is 1. The molecule has 0 aliphatic carbocycles. The van der Waals surface area contributed by atoms with Gasteiger partial charge < -0.3 is 5.73 Å². The van der Waals surface area contributed by atoms with Crippen molar-refractivity contribution in [2.75, 3.05) is 7.05 Å². The van der Waals surface area contributed by atoms with Gasteiger partial charge in [0.2, 0.25) is 0 Å². The number of carbonyl (C=O) groups excluding carboxylic acids is 1. The van der Waals surface area contributed by atoms with Crippen molar-refractivity contribution < 1.29 is 9.18 Å². The van der Waals surface area contributed by atoms with E-state index in [1.807, 2.05) is 18.2 Å². The summed E-state index contributed by atoms with van der Waals surface area (Å²) in [6.07, 6.45) is 3.27. The molecule has 1 aromatic heterocycles. The van der Waals surface area contributed by atoms with Gasteiger partial charge in [-0.25, -0.2) is 9.38 Å². The highest BCUT2D eigenvalue weighted by Crippen LogP contribution is 2.40. The van der Waals surface area contributed by atoms with Crippen LogP contribution in [0.5, 0.6) is 0 Å². The van der Waals surface area contributed by atoms with Crippen LogP contribution in [0.4, 0.5) is 4.39 Å². The molecule has 0 fully saturated rings. The number of aliphatic imine (C=N–C) groups is 1. The largest absolute Gasteiger partial charge is 0.369 e. The third-order valence-corrected chi connectivity index (χ3v) is 4.76. The maximum atomic E-state index is 14.6. The fourth-order valence-electron chi connectivity index (χ4n) is 3.37. The van der Waals surface area contributed by atoms with Gasteiger partial charge in [0.25, 0.3) is 5.91 Å². The minimum atomic E-state index is -1.41. The van der Waals surface area contributed by atoms with E-state index in [9.17, 15) is 9.18 Å². The topological polar surface area (TPSA) is 71.6 Å². The Morgan fingerprint density at radius 2 is 1.67 bits per heavy atom. The molecule has 0 spiro atoms. The molecule has 1 unspecified atom stereocenters. The number of guanidine groups is 1. The van der Waals surface area contributed by atoms with Gasteiger partial charge in [-0.3, -0.25) is 14.7 Å². The third-order valence-electron chi connectivity index (χ3n) is 4.76. The van der Waals surface area contributed by atoms with Crippen LogP contribution in [-0.4, -0.2) is 28.8 Å². The summed E-state index contributed by atoms with van der Waals surface area (Å²) in [6, 6.07) is 17.2. The summed E-state index contributed by atoms with van der Waals surface area (Å²) in [6.45, 7) is 0. The number of hydrogen-bond acceptors (Lipinski definition) is 4. The summed E-state index contributed by atoms with van der Waals surface area (Å²) in [5.41, 5.74) is 7.04. The van der Waals surface area contributed by atoms with Gasteiger partial charge in [0, 0.05) is 19.4 Å². The van der Waals surface area contributed by atoms with Crippen LogP contribution >= 0.6 is 0 Å². The molecule has 2 aromatic carbocycles. The van der Waals surface area contributed by atoms with Gasteiger partial charge >= 0.3 is 0 Å². The zero-order chi connectivity index (χ0) is 19.0. The van der Waals surface area contributed by atoms with Crippen LogP contribution in [0.25, 0.3) is 11.1 Å². The summed E-state index contributed by atoms with van der Waals surface area (Å²) >= 11 is 0. The minimum absolute atomic E-state index is 0.0959. The van der Waals surface area contributed by atoms with Crippen molar-refractivity contribution >= 4 is 11.9 Å². The average Bonchev–Trinajstić information content (AvgIpc) is 2.94. The summed E-state index contributed by atoms with van der Waals surface area (Å²) in [4.78, 5) is 23.0. The van der Waals surface area contributed by atoms with Gasteiger partial charge in [0.15, 0.2) is 11.5 Å². The molecular formula is C21H17FN4O. The Labute approximate surface area is 156 Å². The number of amides is 1. The standard InChI is InChI=1S/C21H17FN4O/c1-26-19(27)21(25-20(26)23,16-5-3-2-4-6-16)17-11-15(12-18(22)13-17)14-7-9-24-10-8-14/h2-13H,1H3,(H2,23,25). The van der Waals surface area contributed by atoms with Crippen molar-refractivity contribution in [3.8, 4) is 11.1 Å². The first-order valence-electron chi connectivity index (χ1n) is 8.43. The van der Waals surface area contributed by atoms with E-state index in [0.29, 0.717) is 16.7 Å². The fourth-order valence-corrected chi connectivity index (χ4v) is 3.37. The van der Waals surface area contributed by atoms with Gasteiger partial charge in [-0.2, -0.15) is 0 Å². The molecule has 1 atom stereocenters. The first kappa shape index (κ1) is 16.9. The molecule has 1 aliphatic heterocycles. The number of rotatable bonds is 3. The smallest absolute Gasteiger partial charge is 0.266 e. The molecule has 2 heterocycles. The molecule has 4 rings (SSSR count).